The molecule has 10 heteroatoms. The van der Waals surface area contributed by atoms with Gasteiger partial charge in [-0.05, 0) is 12.5 Å². The molecule has 0 atom stereocenters. The highest BCUT2D eigenvalue weighted by molar-refractivity contribution is 5.89. The van der Waals surface area contributed by atoms with Crippen LogP contribution in [0.5, 0.6) is 0 Å². The summed E-state index contributed by atoms with van der Waals surface area (Å²) in [4.78, 5) is 42.3. The Balaban J connectivity index is 2.23. The van der Waals surface area contributed by atoms with E-state index < -0.39 is 10.5 Å². The van der Waals surface area contributed by atoms with E-state index in [1.54, 1.807) is 14.2 Å². The van der Waals surface area contributed by atoms with Crippen LogP contribution in [-0.4, -0.2) is 54.7 Å². The zero-order chi connectivity index (χ0) is 18.4. The third-order valence-corrected chi connectivity index (χ3v) is 3.57. The Kier molecular flexibility index (Phi) is 6.01. The quantitative estimate of drug-likeness (QED) is 0.401. The number of aromatic nitrogens is 2. The predicted octanol–water partition coefficient (Wildman–Crippen LogP) is 0.420. The molecule has 2 N–H and O–H groups in total. The standard InChI is InChI=1S/C15H19N5O5/c1-19(8-14(21)16-4-3-5-25-2)12-7-11-10(6-13(12)20(23)24)15(22)18-9-17-11/h6-7,9H,3-5,8H2,1-2H3,(H,16,21)(H,17,18,22). The van der Waals surface area contributed by atoms with Gasteiger partial charge in [-0.1, -0.05) is 0 Å². The maximum atomic E-state index is 12.0. The van der Waals surface area contributed by atoms with E-state index in [9.17, 15) is 19.7 Å². The van der Waals surface area contributed by atoms with Crippen molar-refractivity contribution in [2.45, 2.75) is 6.42 Å². The summed E-state index contributed by atoms with van der Waals surface area (Å²) in [6.07, 6.45) is 1.90. The number of benzene rings is 1. The van der Waals surface area contributed by atoms with Crippen LogP contribution in [0.25, 0.3) is 10.9 Å². The second-order valence-corrected chi connectivity index (χ2v) is 5.40. The van der Waals surface area contributed by atoms with Crippen LogP contribution in [0.2, 0.25) is 0 Å². The number of ether oxygens (including phenoxy) is 1. The first-order valence-corrected chi connectivity index (χ1v) is 7.56. The van der Waals surface area contributed by atoms with Crippen molar-refractivity contribution < 1.29 is 14.5 Å². The lowest BCUT2D eigenvalue weighted by Crippen LogP contribution is -2.36. The molecule has 0 aliphatic heterocycles. The molecule has 25 heavy (non-hydrogen) atoms. The fourth-order valence-corrected chi connectivity index (χ4v) is 2.35. The monoisotopic (exact) mass is 349 g/mol. The third kappa shape index (κ3) is 4.51. The minimum absolute atomic E-state index is 0.0669. The molecule has 1 heterocycles. The number of H-pyrrole nitrogens is 1. The number of likely N-dealkylation sites (N-methyl/N-ethyl adjacent to an activating group) is 1. The second-order valence-electron chi connectivity index (χ2n) is 5.40. The van der Waals surface area contributed by atoms with Crippen LogP contribution in [0.3, 0.4) is 0 Å². The lowest BCUT2D eigenvalue weighted by atomic mass is 10.1. The number of nitrogens with zero attached hydrogens (tertiary/aromatic N) is 3. The topological polar surface area (TPSA) is 130 Å². The summed E-state index contributed by atoms with van der Waals surface area (Å²) in [5.74, 6) is -0.271. The molecule has 0 aliphatic rings. The number of carbonyl (C=O) groups excluding carboxylic acids is 1. The number of aromatic amines is 1. The van der Waals surface area contributed by atoms with Crippen molar-refractivity contribution in [3.05, 3.63) is 38.9 Å². The van der Waals surface area contributed by atoms with Crippen LogP contribution in [0.15, 0.2) is 23.3 Å². The smallest absolute Gasteiger partial charge is 0.293 e. The molecule has 0 unspecified atom stereocenters. The van der Waals surface area contributed by atoms with Gasteiger partial charge in [-0.25, -0.2) is 4.98 Å². The number of anilines is 1. The molecule has 10 nitrogen and oxygen atoms in total. The number of carbonyl (C=O) groups is 1. The first kappa shape index (κ1) is 18.3. The number of fused-ring (bicyclic) bond motifs is 1. The summed E-state index contributed by atoms with van der Waals surface area (Å²) in [6, 6.07) is 2.60. The molecule has 0 saturated heterocycles. The van der Waals surface area contributed by atoms with Crippen molar-refractivity contribution in [3.8, 4) is 0 Å². The lowest BCUT2D eigenvalue weighted by molar-refractivity contribution is -0.384. The Morgan fingerprint density at radius 3 is 2.92 bits per heavy atom. The van der Waals surface area contributed by atoms with Gasteiger partial charge >= 0.3 is 0 Å². The maximum absolute atomic E-state index is 12.0. The van der Waals surface area contributed by atoms with E-state index in [-0.39, 0.29) is 29.2 Å². The van der Waals surface area contributed by atoms with E-state index in [0.29, 0.717) is 25.1 Å². The maximum Gasteiger partial charge on any atom is 0.293 e. The molecule has 2 aromatic rings. The highest BCUT2D eigenvalue weighted by Crippen LogP contribution is 2.30. The van der Waals surface area contributed by atoms with Gasteiger partial charge in [-0.15, -0.1) is 0 Å². The molecular formula is C15H19N5O5. The third-order valence-electron chi connectivity index (χ3n) is 3.57. The van der Waals surface area contributed by atoms with Crippen molar-refractivity contribution in [2.24, 2.45) is 0 Å². The number of nitro groups is 1. The summed E-state index contributed by atoms with van der Waals surface area (Å²) in [5, 5.41) is 14.2. The Bertz CT molecular complexity index is 835. The highest BCUT2D eigenvalue weighted by Gasteiger charge is 2.21. The number of nitrogens with one attached hydrogen (secondary N) is 2. The first-order valence-electron chi connectivity index (χ1n) is 7.56. The number of hydrogen-bond donors (Lipinski definition) is 2. The summed E-state index contributed by atoms with van der Waals surface area (Å²) in [6.45, 7) is 0.923. The predicted molar refractivity (Wildman–Crippen MR) is 91.8 cm³/mol. The number of nitro benzene ring substituents is 1. The molecule has 1 amide bonds. The molecule has 0 radical (unpaired) electrons. The Labute approximate surface area is 143 Å². The van der Waals surface area contributed by atoms with E-state index in [0.717, 1.165) is 0 Å². The molecule has 2 rings (SSSR count). The molecular weight excluding hydrogens is 330 g/mol. The fourth-order valence-electron chi connectivity index (χ4n) is 2.35. The van der Waals surface area contributed by atoms with Crippen LogP contribution >= 0.6 is 0 Å². The van der Waals surface area contributed by atoms with Crippen LogP contribution in [0.4, 0.5) is 11.4 Å². The fraction of sp³-hybridized carbons (Fsp3) is 0.400. The van der Waals surface area contributed by atoms with Crippen LogP contribution < -0.4 is 15.8 Å². The van der Waals surface area contributed by atoms with E-state index in [2.05, 4.69) is 15.3 Å². The number of hydrogen-bond acceptors (Lipinski definition) is 7. The van der Waals surface area contributed by atoms with E-state index in [4.69, 9.17) is 4.74 Å². The average molecular weight is 349 g/mol. The van der Waals surface area contributed by atoms with Gasteiger partial charge in [0.1, 0.15) is 5.69 Å². The summed E-state index contributed by atoms with van der Waals surface area (Å²) >= 11 is 0. The van der Waals surface area contributed by atoms with Gasteiger partial charge in [0, 0.05) is 33.4 Å². The van der Waals surface area contributed by atoms with Crippen molar-refractivity contribution in [2.75, 3.05) is 38.8 Å². The van der Waals surface area contributed by atoms with E-state index >= 15 is 0 Å². The SMILES string of the molecule is COCCCNC(=O)CN(C)c1cc2nc[nH]c(=O)c2cc1[N+](=O)[O-]. The minimum atomic E-state index is -0.589. The van der Waals surface area contributed by atoms with Crippen molar-refractivity contribution in [3.63, 3.8) is 0 Å². The van der Waals surface area contributed by atoms with Gasteiger partial charge in [0.15, 0.2) is 0 Å². The Hall–Kier alpha value is -3.01. The summed E-state index contributed by atoms with van der Waals surface area (Å²) in [7, 11) is 3.14. The lowest BCUT2D eigenvalue weighted by Gasteiger charge is -2.19. The summed E-state index contributed by atoms with van der Waals surface area (Å²) < 4.78 is 4.89. The highest BCUT2D eigenvalue weighted by atomic mass is 16.6. The molecule has 0 saturated carbocycles. The zero-order valence-corrected chi connectivity index (χ0v) is 13.9. The Morgan fingerprint density at radius 1 is 1.48 bits per heavy atom. The van der Waals surface area contributed by atoms with Gasteiger partial charge in [0.25, 0.3) is 11.2 Å². The van der Waals surface area contributed by atoms with Crippen LogP contribution in [0.1, 0.15) is 6.42 Å². The molecule has 134 valence electrons. The van der Waals surface area contributed by atoms with Gasteiger partial charge in [-0.3, -0.25) is 19.7 Å². The van der Waals surface area contributed by atoms with Gasteiger partial charge in [0.05, 0.1) is 28.7 Å². The molecule has 1 aromatic heterocycles. The second kappa shape index (κ2) is 8.20. The van der Waals surface area contributed by atoms with Crippen molar-refractivity contribution in [1.29, 1.82) is 0 Å². The van der Waals surface area contributed by atoms with E-state index in [1.807, 2.05) is 0 Å². The molecule has 0 spiro atoms. The molecule has 0 bridgehead atoms. The molecule has 0 aliphatic carbocycles. The van der Waals surface area contributed by atoms with Crippen LogP contribution in [0, 0.1) is 10.1 Å². The number of methoxy groups -OCH3 is 1. The van der Waals surface area contributed by atoms with Gasteiger partial charge < -0.3 is 19.9 Å². The summed E-state index contributed by atoms with van der Waals surface area (Å²) in [5.41, 5.74) is -0.196. The normalized spacial score (nSPS) is 10.6. The van der Waals surface area contributed by atoms with Crippen molar-refractivity contribution >= 4 is 28.2 Å². The van der Waals surface area contributed by atoms with Crippen LogP contribution in [-0.2, 0) is 9.53 Å². The molecule has 0 fully saturated rings. The van der Waals surface area contributed by atoms with E-state index in [1.165, 1.54) is 23.4 Å². The van der Waals surface area contributed by atoms with Gasteiger partial charge in [0.2, 0.25) is 5.91 Å². The minimum Gasteiger partial charge on any atom is -0.385 e. The largest absolute Gasteiger partial charge is 0.385 e. The Morgan fingerprint density at radius 2 is 2.24 bits per heavy atom. The number of rotatable bonds is 8. The number of amides is 1. The average Bonchev–Trinajstić information content (AvgIpc) is 2.58. The first-order chi connectivity index (χ1) is 11.9. The zero-order valence-electron chi connectivity index (χ0n) is 13.9. The van der Waals surface area contributed by atoms with Gasteiger partial charge in [-0.2, -0.15) is 0 Å². The van der Waals surface area contributed by atoms with Crippen molar-refractivity contribution in [1.82, 2.24) is 15.3 Å². The molecule has 1 aromatic carbocycles.